The first kappa shape index (κ1) is 17.4. The maximum absolute atomic E-state index is 12.4. The topological polar surface area (TPSA) is 74.8 Å². The van der Waals surface area contributed by atoms with E-state index in [1.165, 1.54) is 39.9 Å². The summed E-state index contributed by atoms with van der Waals surface area (Å²) in [5.74, 6) is 0. The van der Waals surface area contributed by atoms with Gasteiger partial charge in [0.05, 0.1) is 9.79 Å². The van der Waals surface area contributed by atoms with Crippen LogP contribution in [0.4, 0.5) is 0 Å². The lowest BCUT2D eigenvalue weighted by Gasteiger charge is -2.21. The van der Waals surface area contributed by atoms with E-state index in [4.69, 9.17) is 0 Å². The summed E-state index contributed by atoms with van der Waals surface area (Å²) in [5.41, 5.74) is 0. The van der Waals surface area contributed by atoms with E-state index in [-0.39, 0.29) is 15.8 Å². The highest BCUT2D eigenvalue weighted by Crippen LogP contribution is 2.23. The molecule has 1 aliphatic rings. The molecule has 0 amide bonds. The summed E-state index contributed by atoms with van der Waals surface area (Å²) in [6.45, 7) is 4.62. The van der Waals surface area contributed by atoms with Crippen molar-refractivity contribution < 1.29 is 16.8 Å². The lowest BCUT2D eigenvalue weighted by Crippen LogP contribution is -2.33. The minimum absolute atomic E-state index is 0.101. The quantitative estimate of drug-likeness (QED) is 0.810. The molecule has 0 N–H and O–H groups in total. The van der Waals surface area contributed by atoms with E-state index in [0.717, 1.165) is 12.8 Å². The second-order valence-corrected chi connectivity index (χ2v) is 9.63. The molecular weight excluding hydrogens is 324 g/mol. The van der Waals surface area contributed by atoms with Gasteiger partial charge in [-0.2, -0.15) is 8.61 Å². The summed E-state index contributed by atoms with van der Waals surface area (Å²) in [7, 11) is -5.60. The predicted molar refractivity (Wildman–Crippen MR) is 84.5 cm³/mol. The third kappa shape index (κ3) is 3.19. The van der Waals surface area contributed by atoms with Gasteiger partial charge in [0.25, 0.3) is 0 Å². The van der Waals surface area contributed by atoms with Crippen LogP contribution in [0.2, 0.25) is 0 Å². The van der Waals surface area contributed by atoms with Gasteiger partial charge in [-0.05, 0) is 51.0 Å². The molecule has 1 fully saturated rings. The fourth-order valence-electron chi connectivity index (χ4n) is 2.30. The summed E-state index contributed by atoms with van der Waals surface area (Å²) in [5, 5.41) is 0. The van der Waals surface area contributed by atoms with Crippen molar-refractivity contribution >= 4 is 20.0 Å². The summed E-state index contributed by atoms with van der Waals surface area (Å²) >= 11 is 0. The monoisotopic (exact) mass is 346 g/mol. The van der Waals surface area contributed by atoms with E-state index >= 15 is 0 Å². The van der Waals surface area contributed by atoms with Crippen LogP contribution >= 0.6 is 0 Å². The Morgan fingerprint density at radius 2 is 1.41 bits per heavy atom. The van der Waals surface area contributed by atoms with Crippen molar-refractivity contribution in [3.05, 3.63) is 24.3 Å². The molecule has 0 radical (unpaired) electrons. The average Bonchev–Trinajstić information content (AvgIpc) is 3.01. The van der Waals surface area contributed by atoms with Gasteiger partial charge in [0.1, 0.15) is 0 Å². The molecule has 6 nitrogen and oxygen atoms in total. The fourth-order valence-corrected chi connectivity index (χ4v) is 5.19. The highest BCUT2D eigenvalue weighted by molar-refractivity contribution is 7.89. The minimum Gasteiger partial charge on any atom is -0.207 e. The highest BCUT2D eigenvalue weighted by Gasteiger charge is 2.28. The van der Waals surface area contributed by atoms with E-state index in [2.05, 4.69) is 0 Å². The molecular formula is C14H22N2O4S2. The molecule has 1 aromatic rings. The SMILES string of the molecule is CC(C)N(C)S(=O)(=O)c1ccc(S(=O)(=O)N2CCCC2)cc1. The van der Waals surface area contributed by atoms with Crippen LogP contribution in [-0.4, -0.2) is 51.6 Å². The van der Waals surface area contributed by atoms with E-state index in [0.29, 0.717) is 13.1 Å². The fraction of sp³-hybridized carbons (Fsp3) is 0.571. The van der Waals surface area contributed by atoms with Crippen molar-refractivity contribution in [3.8, 4) is 0 Å². The Balaban J connectivity index is 2.31. The van der Waals surface area contributed by atoms with Crippen LogP contribution in [-0.2, 0) is 20.0 Å². The van der Waals surface area contributed by atoms with Gasteiger partial charge in [-0.15, -0.1) is 0 Å². The summed E-state index contributed by atoms with van der Waals surface area (Å²) in [6.07, 6.45) is 1.73. The molecule has 8 heteroatoms. The van der Waals surface area contributed by atoms with Crippen LogP contribution in [0, 0.1) is 0 Å². The zero-order valence-electron chi connectivity index (χ0n) is 13.1. The Morgan fingerprint density at radius 1 is 0.955 bits per heavy atom. The normalized spacial score (nSPS) is 17.5. The van der Waals surface area contributed by atoms with Crippen molar-refractivity contribution in [1.29, 1.82) is 0 Å². The van der Waals surface area contributed by atoms with Crippen LogP contribution in [0.15, 0.2) is 34.1 Å². The lowest BCUT2D eigenvalue weighted by molar-refractivity contribution is 0.410. The zero-order chi connectivity index (χ0) is 16.5. The van der Waals surface area contributed by atoms with E-state index < -0.39 is 20.0 Å². The predicted octanol–water partition coefficient (Wildman–Crippen LogP) is 1.50. The number of benzene rings is 1. The van der Waals surface area contributed by atoms with E-state index in [1.807, 2.05) is 0 Å². The van der Waals surface area contributed by atoms with Gasteiger partial charge in [0.15, 0.2) is 0 Å². The molecule has 1 aliphatic heterocycles. The third-order valence-corrected chi connectivity index (χ3v) is 7.89. The Labute approximate surface area is 132 Å². The molecule has 0 aromatic heterocycles. The second-order valence-electron chi connectivity index (χ2n) is 5.70. The summed E-state index contributed by atoms with van der Waals surface area (Å²) in [4.78, 5) is 0.240. The largest absolute Gasteiger partial charge is 0.243 e. The standard InChI is InChI=1S/C14H22N2O4S2/c1-12(2)15(3)21(17,18)13-6-8-14(9-7-13)22(19,20)16-10-4-5-11-16/h6-9,12H,4-5,10-11H2,1-3H3. The van der Waals surface area contributed by atoms with Crippen LogP contribution in [0.1, 0.15) is 26.7 Å². The average molecular weight is 346 g/mol. The van der Waals surface area contributed by atoms with Gasteiger partial charge in [0.2, 0.25) is 20.0 Å². The number of hydrogen-bond donors (Lipinski definition) is 0. The first-order valence-corrected chi connectivity index (χ1v) is 10.1. The first-order chi connectivity index (χ1) is 10.2. The van der Waals surface area contributed by atoms with Crippen LogP contribution in [0.3, 0.4) is 0 Å². The maximum atomic E-state index is 12.4. The molecule has 1 saturated heterocycles. The van der Waals surface area contributed by atoms with Gasteiger partial charge in [-0.3, -0.25) is 0 Å². The molecule has 0 spiro atoms. The molecule has 0 bridgehead atoms. The highest BCUT2D eigenvalue weighted by atomic mass is 32.2. The molecule has 0 unspecified atom stereocenters. The second kappa shape index (κ2) is 6.27. The Morgan fingerprint density at radius 3 is 1.86 bits per heavy atom. The molecule has 0 saturated carbocycles. The smallest absolute Gasteiger partial charge is 0.207 e. The van der Waals surface area contributed by atoms with Gasteiger partial charge in [0, 0.05) is 26.2 Å². The molecule has 1 aromatic carbocycles. The molecule has 124 valence electrons. The van der Waals surface area contributed by atoms with E-state index in [1.54, 1.807) is 13.8 Å². The van der Waals surface area contributed by atoms with Crippen molar-refractivity contribution in [2.24, 2.45) is 0 Å². The maximum Gasteiger partial charge on any atom is 0.243 e. The Bertz CT molecular complexity index is 668. The summed E-state index contributed by atoms with van der Waals surface area (Å²) < 4.78 is 52.2. The molecule has 22 heavy (non-hydrogen) atoms. The van der Waals surface area contributed by atoms with Gasteiger partial charge in [-0.1, -0.05) is 0 Å². The molecule has 1 heterocycles. The first-order valence-electron chi connectivity index (χ1n) is 7.25. The van der Waals surface area contributed by atoms with Crippen LogP contribution < -0.4 is 0 Å². The van der Waals surface area contributed by atoms with Gasteiger partial charge in [-0.25, -0.2) is 16.8 Å². The number of hydrogen-bond acceptors (Lipinski definition) is 4. The number of rotatable bonds is 5. The number of nitrogens with zero attached hydrogens (tertiary/aromatic N) is 2. The van der Waals surface area contributed by atoms with Crippen molar-refractivity contribution in [1.82, 2.24) is 8.61 Å². The van der Waals surface area contributed by atoms with Crippen molar-refractivity contribution in [2.75, 3.05) is 20.1 Å². The van der Waals surface area contributed by atoms with Crippen LogP contribution in [0.25, 0.3) is 0 Å². The van der Waals surface area contributed by atoms with Crippen LogP contribution in [0.5, 0.6) is 0 Å². The summed E-state index contributed by atoms with van der Waals surface area (Å²) in [6, 6.07) is 5.29. The van der Waals surface area contributed by atoms with Gasteiger partial charge >= 0.3 is 0 Å². The molecule has 0 aliphatic carbocycles. The van der Waals surface area contributed by atoms with Crippen molar-refractivity contribution in [2.45, 2.75) is 42.5 Å². The minimum atomic E-state index is -3.59. The molecule has 2 rings (SSSR count). The zero-order valence-corrected chi connectivity index (χ0v) is 14.7. The molecule has 0 atom stereocenters. The number of sulfonamides is 2. The third-order valence-electron chi connectivity index (χ3n) is 3.93. The van der Waals surface area contributed by atoms with E-state index in [9.17, 15) is 16.8 Å². The Hall–Kier alpha value is -0.960. The van der Waals surface area contributed by atoms with Crippen molar-refractivity contribution in [3.63, 3.8) is 0 Å². The Kier molecular flexibility index (Phi) is 4.96. The lowest BCUT2D eigenvalue weighted by atomic mass is 10.4. The van der Waals surface area contributed by atoms with Gasteiger partial charge < -0.3 is 0 Å².